The molecule has 2 aromatic rings. The predicted octanol–water partition coefficient (Wildman–Crippen LogP) is 3.23. The first-order chi connectivity index (χ1) is 10.3. The Bertz CT molecular complexity index is 575. The lowest BCUT2D eigenvalue weighted by Gasteiger charge is -2.07. The normalized spacial score (nSPS) is 10.1. The largest absolute Gasteiger partial charge is 0.494 e. The molecule has 0 spiro atoms. The molecule has 0 aliphatic carbocycles. The number of rotatable bonds is 8. The van der Waals surface area contributed by atoms with Crippen molar-refractivity contribution in [1.82, 2.24) is 4.98 Å². The topological polar surface area (TPSA) is 74.5 Å². The molecule has 0 saturated heterocycles. The first-order valence-electron chi connectivity index (χ1n) is 6.67. The second-order valence-corrected chi connectivity index (χ2v) is 4.30. The van der Waals surface area contributed by atoms with E-state index >= 15 is 0 Å². The second kappa shape index (κ2) is 7.84. The van der Waals surface area contributed by atoms with Crippen molar-refractivity contribution in [3.8, 4) is 11.5 Å². The van der Waals surface area contributed by atoms with Crippen LogP contribution in [0, 0.1) is 10.1 Å². The van der Waals surface area contributed by atoms with Crippen molar-refractivity contribution in [1.29, 1.82) is 0 Å². The number of ether oxygens (including phenoxy) is 2. The Morgan fingerprint density at radius 2 is 1.71 bits per heavy atom. The summed E-state index contributed by atoms with van der Waals surface area (Å²) in [6.07, 6.45) is 2.93. The Hall–Kier alpha value is -2.63. The molecule has 0 radical (unpaired) electrons. The number of hydrogen-bond donors (Lipinski definition) is 0. The van der Waals surface area contributed by atoms with Gasteiger partial charge in [-0.1, -0.05) is 18.2 Å². The van der Waals surface area contributed by atoms with Crippen LogP contribution < -0.4 is 9.47 Å². The fourth-order valence-electron chi connectivity index (χ4n) is 1.72. The summed E-state index contributed by atoms with van der Waals surface area (Å²) in [5.41, 5.74) is 0. The van der Waals surface area contributed by atoms with E-state index in [0.29, 0.717) is 13.2 Å². The molecule has 0 bridgehead atoms. The van der Waals surface area contributed by atoms with Crippen LogP contribution in [0.4, 0.5) is 5.82 Å². The van der Waals surface area contributed by atoms with E-state index in [1.54, 1.807) is 12.1 Å². The van der Waals surface area contributed by atoms with E-state index in [9.17, 15) is 10.1 Å². The summed E-state index contributed by atoms with van der Waals surface area (Å²) >= 11 is 0. The minimum Gasteiger partial charge on any atom is -0.494 e. The molecule has 0 amide bonds. The minimum atomic E-state index is -0.548. The zero-order chi connectivity index (χ0) is 14.9. The van der Waals surface area contributed by atoms with Gasteiger partial charge in [-0.25, -0.2) is 0 Å². The average molecular weight is 288 g/mol. The highest BCUT2D eigenvalue weighted by Gasteiger charge is 2.14. The number of nitro groups is 1. The number of hydrogen-bond acceptors (Lipinski definition) is 5. The lowest BCUT2D eigenvalue weighted by molar-refractivity contribution is -0.390. The summed E-state index contributed by atoms with van der Waals surface area (Å²) in [7, 11) is 0. The van der Waals surface area contributed by atoms with Crippen molar-refractivity contribution in [2.75, 3.05) is 13.2 Å². The average Bonchev–Trinajstić information content (AvgIpc) is 2.52. The third-order valence-corrected chi connectivity index (χ3v) is 2.73. The lowest BCUT2D eigenvalue weighted by Crippen LogP contribution is -2.04. The van der Waals surface area contributed by atoms with Gasteiger partial charge in [-0.05, 0) is 47.0 Å². The molecule has 0 saturated carbocycles. The molecule has 0 unspecified atom stereocenters. The van der Waals surface area contributed by atoms with Gasteiger partial charge >= 0.3 is 5.82 Å². The van der Waals surface area contributed by atoms with Crippen LogP contribution in [0.3, 0.4) is 0 Å². The van der Waals surface area contributed by atoms with Crippen molar-refractivity contribution in [2.24, 2.45) is 0 Å². The van der Waals surface area contributed by atoms with Gasteiger partial charge in [0.2, 0.25) is 5.75 Å². The number of para-hydroxylation sites is 1. The van der Waals surface area contributed by atoms with Crippen molar-refractivity contribution >= 4 is 5.82 Å². The summed E-state index contributed by atoms with van der Waals surface area (Å²) in [4.78, 5) is 13.9. The summed E-state index contributed by atoms with van der Waals surface area (Å²) in [6, 6.07) is 12.7. The quantitative estimate of drug-likeness (QED) is 0.423. The van der Waals surface area contributed by atoms with Gasteiger partial charge in [0.15, 0.2) is 0 Å². The first-order valence-corrected chi connectivity index (χ1v) is 6.67. The molecule has 1 heterocycles. The van der Waals surface area contributed by atoms with E-state index in [2.05, 4.69) is 4.98 Å². The molecule has 1 aromatic heterocycles. The summed E-state index contributed by atoms with van der Waals surface area (Å²) in [5.74, 6) is 0.783. The number of benzene rings is 1. The second-order valence-electron chi connectivity index (χ2n) is 4.30. The van der Waals surface area contributed by atoms with E-state index in [0.717, 1.165) is 18.6 Å². The van der Waals surface area contributed by atoms with Crippen molar-refractivity contribution in [3.63, 3.8) is 0 Å². The Balaban J connectivity index is 1.67. The zero-order valence-electron chi connectivity index (χ0n) is 11.5. The van der Waals surface area contributed by atoms with Gasteiger partial charge in [0.25, 0.3) is 0 Å². The molecule has 0 N–H and O–H groups in total. The molecule has 6 heteroatoms. The maximum absolute atomic E-state index is 10.8. The highest BCUT2D eigenvalue weighted by Crippen LogP contribution is 2.22. The van der Waals surface area contributed by atoms with Gasteiger partial charge < -0.3 is 19.6 Å². The van der Waals surface area contributed by atoms with Gasteiger partial charge in [0.05, 0.1) is 13.2 Å². The van der Waals surface area contributed by atoms with Gasteiger partial charge in [-0.15, -0.1) is 0 Å². The monoisotopic (exact) mass is 288 g/mol. The van der Waals surface area contributed by atoms with Crippen LogP contribution in [0.1, 0.15) is 12.8 Å². The number of aromatic nitrogens is 1. The van der Waals surface area contributed by atoms with Gasteiger partial charge in [0, 0.05) is 0 Å². The molecule has 6 nitrogen and oxygen atoms in total. The number of unbranched alkanes of at least 4 members (excludes halogenated alkanes) is 1. The first kappa shape index (κ1) is 14.8. The number of nitrogens with zero attached hydrogens (tertiary/aromatic N) is 2. The van der Waals surface area contributed by atoms with Crippen LogP contribution in [-0.4, -0.2) is 23.1 Å². The summed E-state index contributed by atoms with van der Waals surface area (Å²) in [5, 5.41) is 10.8. The van der Waals surface area contributed by atoms with Gasteiger partial charge in [-0.3, -0.25) is 0 Å². The Morgan fingerprint density at radius 1 is 1.00 bits per heavy atom. The van der Waals surface area contributed by atoms with Crippen LogP contribution in [0.5, 0.6) is 11.5 Å². The maximum atomic E-state index is 10.8. The summed E-state index contributed by atoms with van der Waals surface area (Å²) in [6.45, 7) is 0.979. The predicted molar refractivity (Wildman–Crippen MR) is 77.6 cm³/mol. The third kappa shape index (κ3) is 4.76. The molecule has 0 aliphatic heterocycles. The van der Waals surface area contributed by atoms with E-state index in [4.69, 9.17) is 9.47 Å². The van der Waals surface area contributed by atoms with Gasteiger partial charge in [0.1, 0.15) is 11.9 Å². The fraction of sp³-hybridized carbons (Fsp3) is 0.267. The van der Waals surface area contributed by atoms with Crippen molar-refractivity contribution in [3.05, 3.63) is 58.8 Å². The highest BCUT2D eigenvalue weighted by atomic mass is 16.6. The van der Waals surface area contributed by atoms with Crippen LogP contribution in [0.2, 0.25) is 0 Å². The van der Waals surface area contributed by atoms with E-state index in [1.807, 2.05) is 30.3 Å². The molecule has 0 atom stereocenters. The zero-order valence-corrected chi connectivity index (χ0v) is 11.5. The molecule has 2 rings (SSSR count). The van der Waals surface area contributed by atoms with Crippen LogP contribution in [0.25, 0.3) is 0 Å². The smallest absolute Gasteiger partial charge is 0.406 e. The fourth-order valence-corrected chi connectivity index (χ4v) is 1.72. The van der Waals surface area contributed by atoms with Crippen molar-refractivity contribution < 1.29 is 14.4 Å². The number of pyridine rings is 1. The molecule has 21 heavy (non-hydrogen) atoms. The Morgan fingerprint density at radius 3 is 2.43 bits per heavy atom. The third-order valence-electron chi connectivity index (χ3n) is 2.73. The van der Waals surface area contributed by atoms with Crippen LogP contribution in [-0.2, 0) is 0 Å². The molecule has 1 aromatic carbocycles. The molecular weight excluding hydrogens is 272 g/mol. The standard InChI is InChI=1S/C15H16N2O4/c18-17(19)15-14(9-6-10-16-15)21-12-5-4-11-20-13-7-2-1-3-8-13/h1-3,6-10H,4-5,11-12H2. The Labute approximate surface area is 122 Å². The van der Waals surface area contributed by atoms with Crippen LogP contribution >= 0.6 is 0 Å². The van der Waals surface area contributed by atoms with Crippen LogP contribution in [0.15, 0.2) is 48.7 Å². The molecule has 0 aliphatic rings. The van der Waals surface area contributed by atoms with Gasteiger partial charge in [-0.2, -0.15) is 0 Å². The maximum Gasteiger partial charge on any atom is 0.406 e. The summed E-state index contributed by atoms with van der Waals surface area (Å²) < 4.78 is 10.9. The molecular formula is C15H16N2O4. The van der Waals surface area contributed by atoms with Crippen molar-refractivity contribution in [2.45, 2.75) is 12.8 Å². The highest BCUT2D eigenvalue weighted by molar-refractivity contribution is 5.38. The van der Waals surface area contributed by atoms with E-state index in [-0.39, 0.29) is 11.6 Å². The lowest BCUT2D eigenvalue weighted by atomic mass is 10.3. The van der Waals surface area contributed by atoms with E-state index < -0.39 is 4.92 Å². The minimum absolute atomic E-state index is 0.200. The molecule has 110 valence electrons. The SMILES string of the molecule is O=[N+]([O-])c1ncccc1OCCCCOc1ccccc1. The van der Waals surface area contributed by atoms with E-state index in [1.165, 1.54) is 6.20 Å². The Kier molecular flexibility index (Phi) is 5.51. The molecule has 0 fully saturated rings.